The summed E-state index contributed by atoms with van der Waals surface area (Å²) in [4.78, 5) is 11.9. The maximum Gasteiger partial charge on any atom is 0.335 e. The highest BCUT2D eigenvalue weighted by molar-refractivity contribution is 6.76. The van der Waals surface area contributed by atoms with Crippen molar-refractivity contribution in [1.82, 2.24) is 0 Å². The van der Waals surface area contributed by atoms with Gasteiger partial charge in [-0.05, 0) is 25.0 Å². The van der Waals surface area contributed by atoms with E-state index in [1.165, 1.54) is 7.11 Å². The minimum Gasteiger partial charge on any atom is -0.467 e. The number of carbonyl (C=O) groups is 1. The maximum absolute atomic E-state index is 11.9. The molecule has 0 aliphatic rings. The van der Waals surface area contributed by atoms with Crippen molar-refractivity contribution in [1.29, 1.82) is 0 Å². The molecule has 1 aromatic carbocycles. The van der Waals surface area contributed by atoms with Crippen LogP contribution in [-0.4, -0.2) is 46.8 Å². The summed E-state index contributed by atoms with van der Waals surface area (Å²) in [5.41, 5.74) is 1.02. The van der Waals surface area contributed by atoms with Crippen LogP contribution in [0.4, 0.5) is 0 Å². The molecule has 5 nitrogen and oxygen atoms in total. The van der Waals surface area contributed by atoms with Crippen LogP contribution in [0.15, 0.2) is 54.6 Å². The molecule has 30 heavy (non-hydrogen) atoms. The van der Waals surface area contributed by atoms with Gasteiger partial charge in [0.2, 0.25) is 0 Å². The number of ether oxygens (including phenoxy) is 4. The number of hydrogen-bond acceptors (Lipinski definition) is 5. The molecular weight excluding hydrogens is 396 g/mol. The Morgan fingerprint density at radius 2 is 1.80 bits per heavy atom. The van der Waals surface area contributed by atoms with Crippen molar-refractivity contribution < 1.29 is 23.7 Å². The third-order valence-corrected chi connectivity index (χ3v) is 6.07. The first-order valence-electron chi connectivity index (χ1n) is 10.6. The zero-order valence-corrected chi connectivity index (χ0v) is 20.1. The Kier molecular flexibility index (Phi) is 13.3. The van der Waals surface area contributed by atoms with E-state index in [0.717, 1.165) is 24.6 Å². The fourth-order valence-corrected chi connectivity index (χ4v) is 3.20. The predicted octanol–water partition coefficient (Wildman–Crippen LogP) is 5.35. The fourth-order valence-electron chi connectivity index (χ4n) is 2.45. The van der Waals surface area contributed by atoms with E-state index in [4.69, 9.17) is 18.9 Å². The van der Waals surface area contributed by atoms with Crippen LogP contribution in [0, 0.1) is 0 Å². The van der Waals surface area contributed by atoms with E-state index in [1.54, 1.807) is 0 Å². The monoisotopic (exact) mass is 434 g/mol. The molecule has 0 N–H and O–H groups in total. The van der Waals surface area contributed by atoms with Crippen molar-refractivity contribution in [2.24, 2.45) is 0 Å². The molecule has 0 radical (unpaired) electrons. The van der Waals surface area contributed by atoms with Crippen molar-refractivity contribution >= 4 is 14.0 Å². The summed E-state index contributed by atoms with van der Waals surface area (Å²) in [6.07, 6.45) is 8.64. The maximum atomic E-state index is 11.9. The number of esters is 1. The Bertz CT molecular complexity index is 637. The quantitative estimate of drug-likeness (QED) is 0.122. The number of methoxy groups -OCH3 is 1. The third kappa shape index (κ3) is 13.5. The van der Waals surface area contributed by atoms with Crippen molar-refractivity contribution in [3.05, 3.63) is 60.2 Å². The average molecular weight is 435 g/mol. The van der Waals surface area contributed by atoms with E-state index in [1.807, 2.05) is 61.6 Å². The van der Waals surface area contributed by atoms with E-state index in [2.05, 4.69) is 19.6 Å². The number of benzene rings is 1. The Morgan fingerprint density at radius 3 is 2.47 bits per heavy atom. The smallest absolute Gasteiger partial charge is 0.335 e. The number of hydrogen-bond donors (Lipinski definition) is 0. The van der Waals surface area contributed by atoms with Crippen LogP contribution < -0.4 is 0 Å². The molecule has 0 saturated carbocycles. The lowest BCUT2D eigenvalue weighted by Crippen LogP contribution is -2.25. The second-order valence-corrected chi connectivity index (χ2v) is 14.0. The molecule has 0 fully saturated rings. The van der Waals surface area contributed by atoms with Crippen LogP contribution in [0.2, 0.25) is 25.7 Å². The molecule has 6 heteroatoms. The second-order valence-electron chi connectivity index (χ2n) is 8.39. The summed E-state index contributed by atoms with van der Waals surface area (Å²) in [5, 5.41) is 0. The number of allylic oxidation sites excluding steroid dienone is 2. The Labute approximate surface area is 183 Å². The van der Waals surface area contributed by atoms with Crippen molar-refractivity contribution in [2.45, 2.75) is 64.3 Å². The van der Waals surface area contributed by atoms with Gasteiger partial charge in [0.05, 0.1) is 19.8 Å². The molecule has 0 saturated heterocycles. The molecule has 1 rings (SSSR count). The lowest BCUT2D eigenvalue weighted by atomic mass is 10.2. The lowest BCUT2D eigenvalue weighted by molar-refractivity contribution is -0.154. The van der Waals surface area contributed by atoms with Crippen molar-refractivity contribution in [2.75, 3.05) is 20.5 Å². The predicted molar refractivity (Wildman–Crippen MR) is 124 cm³/mol. The first-order chi connectivity index (χ1) is 14.3. The van der Waals surface area contributed by atoms with Crippen LogP contribution >= 0.6 is 0 Å². The first kappa shape index (κ1) is 26.3. The van der Waals surface area contributed by atoms with Crippen molar-refractivity contribution in [3.63, 3.8) is 0 Å². The average Bonchev–Trinajstić information content (AvgIpc) is 2.71. The van der Waals surface area contributed by atoms with Crippen LogP contribution in [0.25, 0.3) is 0 Å². The SMILES string of the molecule is COC(=O)[C@H](C/C=C/C/C=C\[C@@H](C)OCOCC[Si](C)(C)C)OCc1ccccc1. The van der Waals surface area contributed by atoms with Gasteiger partial charge in [-0.3, -0.25) is 0 Å². The molecule has 168 valence electrons. The Morgan fingerprint density at radius 1 is 1.07 bits per heavy atom. The molecule has 0 aromatic heterocycles. The molecule has 0 amide bonds. The standard InChI is InChI=1S/C24H38O5Si/c1-21(29-20-27-17-18-30(3,4)5)13-9-6-7-12-16-23(24(25)26-2)28-19-22-14-10-8-11-15-22/h7-15,21,23H,6,16-20H2,1-5H3/b12-7+,13-9-/t21-,23+/m1/s1. The summed E-state index contributed by atoms with van der Waals surface area (Å²) in [6.45, 7) is 10.5. The zero-order chi connectivity index (χ0) is 22.2. The van der Waals surface area contributed by atoms with E-state index < -0.39 is 14.2 Å². The van der Waals surface area contributed by atoms with Gasteiger partial charge in [-0.2, -0.15) is 0 Å². The Balaban J connectivity index is 2.25. The highest BCUT2D eigenvalue weighted by Gasteiger charge is 2.18. The summed E-state index contributed by atoms with van der Waals surface area (Å²) in [7, 11) is 0.330. The highest BCUT2D eigenvalue weighted by atomic mass is 28.3. The second kappa shape index (κ2) is 15.1. The fraction of sp³-hybridized carbons (Fsp3) is 0.542. The summed E-state index contributed by atoms with van der Waals surface area (Å²) in [6, 6.07) is 10.9. The molecule has 0 bridgehead atoms. The van der Waals surface area contributed by atoms with E-state index in [9.17, 15) is 4.79 Å². The summed E-state index contributed by atoms with van der Waals surface area (Å²) >= 11 is 0. The van der Waals surface area contributed by atoms with Crippen LogP contribution in [0.3, 0.4) is 0 Å². The van der Waals surface area contributed by atoms with Gasteiger partial charge >= 0.3 is 5.97 Å². The van der Waals surface area contributed by atoms with E-state index in [-0.39, 0.29) is 12.1 Å². The lowest BCUT2D eigenvalue weighted by Gasteiger charge is -2.16. The van der Waals surface area contributed by atoms with Gasteiger partial charge in [0, 0.05) is 21.1 Å². The molecule has 0 spiro atoms. The van der Waals surface area contributed by atoms with Gasteiger partial charge in [0.1, 0.15) is 6.79 Å². The normalized spacial score (nSPS) is 14.3. The van der Waals surface area contributed by atoms with Crippen LogP contribution in [0.5, 0.6) is 0 Å². The van der Waals surface area contributed by atoms with Gasteiger partial charge in [0.15, 0.2) is 6.10 Å². The van der Waals surface area contributed by atoms with Gasteiger partial charge in [-0.25, -0.2) is 4.79 Å². The highest BCUT2D eigenvalue weighted by Crippen LogP contribution is 2.09. The van der Waals surface area contributed by atoms with Crippen molar-refractivity contribution in [3.8, 4) is 0 Å². The molecule has 0 heterocycles. The minimum atomic E-state index is -1.05. The van der Waals surface area contributed by atoms with Gasteiger partial charge < -0.3 is 18.9 Å². The molecule has 0 unspecified atom stereocenters. The molecule has 2 atom stereocenters. The summed E-state index contributed by atoms with van der Waals surface area (Å²) in [5.74, 6) is -0.359. The number of carbonyl (C=O) groups excluding carboxylic acids is 1. The van der Waals surface area contributed by atoms with Crippen LogP contribution in [0.1, 0.15) is 25.3 Å². The number of rotatable bonds is 15. The molecular formula is C24H38O5Si. The van der Waals surface area contributed by atoms with Gasteiger partial charge in [-0.15, -0.1) is 0 Å². The topological polar surface area (TPSA) is 54.0 Å². The third-order valence-electron chi connectivity index (χ3n) is 4.36. The molecule has 0 aliphatic carbocycles. The van der Waals surface area contributed by atoms with Gasteiger partial charge in [-0.1, -0.05) is 74.3 Å². The summed E-state index contributed by atoms with van der Waals surface area (Å²) < 4.78 is 21.8. The molecule has 1 aromatic rings. The first-order valence-corrected chi connectivity index (χ1v) is 14.3. The van der Waals surface area contributed by atoms with Crippen LogP contribution in [-0.2, 0) is 30.3 Å². The largest absolute Gasteiger partial charge is 0.467 e. The zero-order valence-electron chi connectivity index (χ0n) is 19.1. The minimum absolute atomic E-state index is 0.00213. The Hall–Kier alpha value is -1.73. The molecule has 0 aliphatic heterocycles. The van der Waals surface area contributed by atoms with E-state index >= 15 is 0 Å². The van der Waals surface area contributed by atoms with E-state index in [0.29, 0.717) is 19.8 Å². The van der Waals surface area contributed by atoms with Gasteiger partial charge in [0.25, 0.3) is 0 Å².